The summed E-state index contributed by atoms with van der Waals surface area (Å²) in [5, 5.41) is 29.7. The Hall–Kier alpha value is -4.09. The molecule has 11 heteroatoms. The number of aliphatic carboxylic acids is 1. The van der Waals surface area contributed by atoms with Gasteiger partial charge in [0.1, 0.15) is 30.3 Å². The van der Waals surface area contributed by atoms with Crippen molar-refractivity contribution < 1.29 is 47.6 Å². The lowest BCUT2D eigenvalue weighted by Gasteiger charge is -2.27. The maximum atomic E-state index is 11.0. The lowest BCUT2D eigenvalue weighted by atomic mass is 9.96. The second-order valence-electron chi connectivity index (χ2n) is 9.18. The van der Waals surface area contributed by atoms with Gasteiger partial charge in [0.05, 0.1) is 5.56 Å². The van der Waals surface area contributed by atoms with Crippen LogP contribution in [0.3, 0.4) is 0 Å². The normalized spacial score (nSPS) is 15.1. The molecule has 3 aromatic carbocycles. The molecule has 1 aliphatic rings. The molecular formula is C29H30F3NO7. The molecule has 1 heterocycles. The Balaban J connectivity index is 0.000000559. The average molecular weight is 562 g/mol. The van der Waals surface area contributed by atoms with Crippen LogP contribution in [0.5, 0.6) is 11.5 Å². The zero-order chi connectivity index (χ0) is 29.3. The molecule has 1 aliphatic heterocycles. The van der Waals surface area contributed by atoms with Crippen LogP contribution in [0, 0.1) is 6.92 Å². The van der Waals surface area contributed by atoms with E-state index in [0.717, 1.165) is 46.6 Å². The van der Waals surface area contributed by atoms with E-state index in [1.807, 2.05) is 55.5 Å². The summed E-state index contributed by atoms with van der Waals surface area (Å²) in [6, 6.07) is 20.8. The van der Waals surface area contributed by atoms with Gasteiger partial charge in [-0.05, 0) is 72.4 Å². The fraction of sp³-hybridized carbons (Fsp3) is 0.310. The van der Waals surface area contributed by atoms with Gasteiger partial charge in [-0.3, -0.25) is 0 Å². The Kier molecular flexibility index (Phi) is 10.5. The van der Waals surface area contributed by atoms with Crippen LogP contribution in [-0.4, -0.2) is 65.3 Å². The van der Waals surface area contributed by atoms with Gasteiger partial charge in [-0.2, -0.15) is 13.2 Å². The van der Waals surface area contributed by atoms with Crippen molar-refractivity contribution in [2.24, 2.45) is 0 Å². The quantitative estimate of drug-likeness (QED) is 0.296. The highest BCUT2D eigenvalue weighted by atomic mass is 19.4. The van der Waals surface area contributed by atoms with Gasteiger partial charge < -0.3 is 30.1 Å². The van der Waals surface area contributed by atoms with Crippen molar-refractivity contribution in [3.63, 3.8) is 0 Å². The number of carboxylic acid groups (broad SMARTS) is 2. The van der Waals surface area contributed by atoms with E-state index in [2.05, 4.69) is 11.4 Å². The molecule has 40 heavy (non-hydrogen) atoms. The summed E-state index contributed by atoms with van der Waals surface area (Å²) in [5.41, 5.74) is 4.50. The topological polar surface area (TPSA) is 125 Å². The minimum atomic E-state index is -5.08. The zero-order valence-corrected chi connectivity index (χ0v) is 21.6. The predicted octanol–water partition coefficient (Wildman–Crippen LogP) is 4.72. The van der Waals surface area contributed by atoms with Crippen molar-refractivity contribution in [1.29, 1.82) is 0 Å². The number of carbonyl (C=O) groups is 2. The molecule has 0 saturated carbocycles. The van der Waals surface area contributed by atoms with Gasteiger partial charge in [-0.15, -0.1) is 0 Å². The van der Waals surface area contributed by atoms with Gasteiger partial charge in [0, 0.05) is 13.1 Å². The second-order valence-corrected chi connectivity index (χ2v) is 9.18. The first-order valence-electron chi connectivity index (χ1n) is 12.4. The molecule has 4 rings (SSSR count). The SMILES string of the molecule is Cc1ccccc1OCC(O)CNC[C@H]1CCc2cc(-c3ccc(C(=O)O)cc3)ccc2O1.O=C(O)C(F)(F)F. The number of aliphatic hydroxyl groups excluding tert-OH is 1. The number of para-hydroxylation sites is 1. The van der Waals surface area contributed by atoms with E-state index in [1.54, 1.807) is 12.1 Å². The highest BCUT2D eigenvalue weighted by Gasteiger charge is 2.38. The number of rotatable bonds is 9. The minimum absolute atomic E-state index is 0.0442. The van der Waals surface area contributed by atoms with Crippen LogP contribution in [0.2, 0.25) is 0 Å². The first-order valence-corrected chi connectivity index (χ1v) is 12.4. The number of carboxylic acids is 2. The standard InChI is InChI=1S/C27H29NO5.C2HF3O2/c1-18-4-2-3-5-25(18)32-17-23(29)15-28-16-24-12-10-22-14-21(11-13-26(22)33-24)19-6-8-20(9-7-19)27(30)31;3-2(4,5)1(6)7/h2-9,11,13-14,23-24,28-29H,10,12,15-17H2,1H3,(H,30,31);(H,6,7)/t23?,24-;/m1./s1. The number of halogens is 3. The highest BCUT2D eigenvalue weighted by molar-refractivity contribution is 5.88. The summed E-state index contributed by atoms with van der Waals surface area (Å²) < 4.78 is 43.6. The van der Waals surface area contributed by atoms with Crippen molar-refractivity contribution in [1.82, 2.24) is 5.32 Å². The van der Waals surface area contributed by atoms with Crippen LogP contribution in [0.4, 0.5) is 13.2 Å². The molecule has 0 saturated heterocycles. The van der Waals surface area contributed by atoms with Gasteiger partial charge in [0.15, 0.2) is 0 Å². The molecule has 0 bridgehead atoms. The molecule has 4 N–H and O–H groups in total. The fourth-order valence-electron chi connectivity index (χ4n) is 3.95. The Morgan fingerprint density at radius 2 is 1.70 bits per heavy atom. The van der Waals surface area contributed by atoms with Crippen molar-refractivity contribution in [3.8, 4) is 22.6 Å². The van der Waals surface area contributed by atoms with E-state index in [0.29, 0.717) is 13.1 Å². The monoisotopic (exact) mass is 561 g/mol. The summed E-state index contributed by atoms with van der Waals surface area (Å²) in [6.07, 6.45) is -3.85. The van der Waals surface area contributed by atoms with E-state index in [4.69, 9.17) is 24.5 Å². The lowest BCUT2D eigenvalue weighted by Crippen LogP contribution is -2.39. The molecule has 0 amide bonds. The van der Waals surface area contributed by atoms with Crippen LogP contribution >= 0.6 is 0 Å². The largest absolute Gasteiger partial charge is 0.491 e. The number of nitrogens with one attached hydrogen (secondary N) is 1. The molecule has 1 unspecified atom stereocenters. The smallest absolute Gasteiger partial charge is 0.490 e. The molecule has 0 spiro atoms. The number of aliphatic hydroxyl groups is 1. The van der Waals surface area contributed by atoms with E-state index >= 15 is 0 Å². The summed E-state index contributed by atoms with van der Waals surface area (Å²) in [4.78, 5) is 19.9. The molecule has 0 fully saturated rings. The molecule has 3 aromatic rings. The van der Waals surface area contributed by atoms with Gasteiger partial charge in [0.25, 0.3) is 0 Å². The third-order valence-electron chi connectivity index (χ3n) is 6.07. The van der Waals surface area contributed by atoms with E-state index < -0.39 is 24.2 Å². The number of aryl methyl sites for hydroxylation is 2. The summed E-state index contributed by atoms with van der Waals surface area (Å²) in [6.45, 7) is 3.31. The van der Waals surface area contributed by atoms with Gasteiger partial charge in [-0.1, -0.05) is 36.4 Å². The van der Waals surface area contributed by atoms with Gasteiger partial charge in [0.2, 0.25) is 0 Å². The molecule has 0 aliphatic carbocycles. The van der Waals surface area contributed by atoms with Crippen LogP contribution < -0.4 is 14.8 Å². The van der Waals surface area contributed by atoms with E-state index in [1.165, 1.54) is 0 Å². The maximum Gasteiger partial charge on any atom is 0.490 e. The maximum absolute atomic E-state index is 11.0. The Labute approximate surface area is 229 Å². The van der Waals surface area contributed by atoms with Crippen molar-refractivity contribution in [3.05, 3.63) is 83.4 Å². The number of fused-ring (bicyclic) bond motifs is 1. The van der Waals surface area contributed by atoms with Crippen molar-refractivity contribution >= 4 is 11.9 Å². The van der Waals surface area contributed by atoms with Crippen LogP contribution in [0.15, 0.2) is 66.7 Å². The zero-order valence-electron chi connectivity index (χ0n) is 21.6. The van der Waals surface area contributed by atoms with Crippen LogP contribution in [0.1, 0.15) is 27.9 Å². The summed E-state index contributed by atoms with van der Waals surface area (Å²) >= 11 is 0. The number of ether oxygens (including phenoxy) is 2. The van der Waals surface area contributed by atoms with Crippen LogP contribution in [-0.2, 0) is 11.2 Å². The first kappa shape index (κ1) is 30.5. The summed E-state index contributed by atoms with van der Waals surface area (Å²) in [5.74, 6) is -2.01. The van der Waals surface area contributed by atoms with Crippen molar-refractivity contribution in [2.45, 2.75) is 38.1 Å². The van der Waals surface area contributed by atoms with Crippen LogP contribution in [0.25, 0.3) is 11.1 Å². The average Bonchev–Trinajstić information content (AvgIpc) is 2.92. The number of aromatic carboxylic acids is 1. The molecular weight excluding hydrogens is 531 g/mol. The molecule has 2 atom stereocenters. The predicted molar refractivity (Wildman–Crippen MR) is 141 cm³/mol. The molecule has 0 radical (unpaired) electrons. The molecule has 0 aromatic heterocycles. The van der Waals surface area contributed by atoms with E-state index in [9.17, 15) is 23.1 Å². The number of hydrogen-bond acceptors (Lipinski definition) is 6. The van der Waals surface area contributed by atoms with Gasteiger partial charge in [-0.25, -0.2) is 9.59 Å². The van der Waals surface area contributed by atoms with Gasteiger partial charge >= 0.3 is 18.1 Å². The highest BCUT2D eigenvalue weighted by Crippen LogP contribution is 2.32. The third kappa shape index (κ3) is 8.99. The second kappa shape index (κ2) is 13.8. The summed E-state index contributed by atoms with van der Waals surface area (Å²) in [7, 11) is 0. The number of alkyl halides is 3. The Morgan fingerprint density at radius 1 is 1.05 bits per heavy atom. The first-order chi connectivity index (χ1) is 18.9. The third-order valence-corrected chi connectivity index (χ3v) is 6.07. The van der Waals surface area contributed by atoms with E-state index in [-0.39, 0.29) is 18.3 Å². The Bertz CT molecular complexity index is 1300. The Morgan fingerprint density at radius 3 is 2.33 bits per heavy atom. The van der Waals surface area contributed by atoms with Crippen molar-refractivity contribution in [2.75, 3.05) is 19.7 Å². The molecule has 214 valence electrons. The number of hydrogen-bond donors (Lipinski definition) is 4. The molecule has 8 nitrogen and oxygen atoms in total. The lowest BCUT2D eigenvalue weighted by molar-refractivity contribution is -0.192. The fourth-order valence-corrected chi connectivity index (χ4v) is 3.95. The number of benzene rings is 3. The minimum Gasteiger partial charge on any atom is -0.491 e.